The smallest absolute Gasteiger partial charge is 0.314 e. The van der Waals surface area contributed by atoms with Gasteiger partial charge in [0.2, 0.25) is 0 Å². The number of nitrogens with one attached hydrogen (secondary N) is 2. The van der Waals surface area contributed by atoms with Gasteiger partial charge in [0.25, 0.3) is 0 Å². The lowest BCUT2D eigenvalue weighted by atomic mass is 10.3. The topological polar surface area (TPSA) is 102 Å². The van der Waals surface area contributed by atoms with Gasteiger partial charge in [-0.25, -0.2) is 4.98 Å². The third-order valence-electron chi connectivity index (χ3n) is 4.22. The van der Waals surface area contributed by atoms with Crippen molar-refractivity contribution in [1.82, 2.24) is 4.98 Å². The van der Waals surface area contributed by atoms with E-state index in [4.69, 9.17) is 14.2 Å². The zero-order valence-corrected chi connectivity index (χ0v) is 16.2. The molecule has 0 aliphatic carbocycles. The van der Waals surface area contributed by atoms with Crippen LogP contribution in [-0.4, -0.2) is 63.4 Å². The molecule has 0 radical (unpaired) electrons. The number of methoxy groups -OCH3 is 1. The number of morpholine rings is 1. The molecule has 1 aliphatic heterocycles. The van der Waals surface area contributed by atoms with Crippen LogP contribution in [0.2, 0.25) is 0 Å². The average molecular weight is 400 g/mol. The van der Waals surface area contributed by atoms with E-state index in [1.807, 2.05) is 0 Å². The number of carbonyl (C=O) groups is 2. The summed E-state index contributed by atoms with van der Waals surface area (Å²) in [4.78, 5) is 30.7. The van der Waals surface area contributed by atoms with E-state index in [2.05, 4.69) is 20.5 Å². The molecule has 1 aromatic carbocycles. The second kappa shape index (κ2) is 10.4. The lowest BCUT2D eigenvalue weighted by molar-refractivity contribution is -0.133. The first-order valence-corrected chi connectivity index (χ1v) is 9.28. The Balaban J connectivity index is 1.49. The second-order valence-corrected chi connectivity index (χ2v) is 6.28. The number of amides is 2. The van der Waals surface area contributed by atoms with Crippen LogP contribution in [0, 0.1) is 0 Å². The number of benzene rings is 1. The minimum absolute atomic E-state index is 0.434. The Morgan fingerprint density at radius 1 is 1.00 bits per heavy atom. The molecule has 1 saturated heterocycles. The van der Waals surface area contributed by atoms with E-state index in [1.165, 1.54) is 6.20 Å². The van der Waals surface area contributed by atoms with Crippen molar-refractivity contribution in [3.63, 3.8) is 0 Å². The molecule has 0 saturated carbocycles. The van der Waals surface area contributed by atoms with E-state index in [1.54, 1.807) is 43.5 Å². The first-order valence-electron chi connectivity index (χ1n) is 9.28. The summed E-state index contributed by atoms with van der Waals surface area (Å²) in [5.74, 6) is -0.0823. The molecule has 9 nitrogen and oxygen atoms in total. The van der Waals surface area contributed by atoms with Gasteiger partial charge in [-0.3, -0.25) is 9.59 Å². The van der Waals surface area contributed by atoms with Gasteiger partial charge in [-0.2, -0.15) is 0 Å². The Hall–Kier alpha value is -3.17. The zero-order chi connectivity index (χ0) is 20.5. The lowest BCUT2D eigenvalue weighted by Crippen LogP contribution is -2.36. The van der Waals surface area contributed by atoms with Crippen molar-refractivity contribution in [2.75, 3.05) is 62.2 Å². The maximum atomic E-state index is 12.1. The number of ether oxygens (including phenoxy) is 3. The number of rotatable bonds is 7. The fraction of sp³-hybridized carbons (Fsp3) is 0.350. The van der Waals surface area contributed by atoms with Crippen molar-refractivity contribution < 1.29 is 23.8 Å². The highest BCUT2D eigenvalue weighted by Gasteiger charge is 2.16. The number of pyridine rings is 1. The maximum Gasteiger partial charge on any atom is 0.314 e. The molecule has 2 heterocycles. The van der Waals surface area contributed by atoms with Crippen molar-refractivity contribution in [1.29, 1.82) is 0 Å². The predicted molar refractivity (Wildman–Crippen MR) is 108 cm³/mol. The summed E-state index contributed by atoms with van der Waals surface area (Å²) >= 11 is 0. The van der Waals surface area contributed by atoms with Gasteiger partial charge in [0.15, 0.2) is 0 Å². The molecule has 0 unspecified atom stereocenters. The van der Waals surface area contributed by atoms with Crippen LogP contribution >= 0.6 is 0 Å². The number of hydrogen-bond acceptors (Lipinski definition) is 7. The molecule has 1 aliphatic rings. The van der Waals surface area contributed by atoms with E-state index in [0.29, 0.717) is 43.6 Å². The predicted octanol–water partition coefficient (Wildman–Crippen LogP) is 1.52. The maximum absolute atomic E-state index is 12.1. The SMILES string of the molecule is COCCOc1ccc(NC(=O)C(=O)Nc2ccc(N3CCOCC3)nc2)cc1. The third kappa shape index (κ3) is 6.16. The molecular weight excluding hydrogens is 376 g/mol. The highest BCUT2D eigenvalue weighted by Crippen LogP contribution is 2.17. The highest BCUT2D eigenvalue weighted by atomic mass is 16.5. The lowest BCUT2D eigenvalue weighted by Gasteiger charge is -2.27. The summed E-state index contributed by atoms with van der Waals surface area (Å²) in [6, 6.07) is 10.3. The fourth-order valence-electron chi connectivity index (χ4n) is 2.69. The molecule has 0 atom stereocenters. The monoisotopic (exact) mass is 400 g/mol. The van der Waals surface area contributed by atoms with Crippen LogP contribution in [0.25, 0.3) is 0 Å². The summed E-state index contributed by atoms with van der Waals surface area (Å²) < 4.78 is 15.7. The van der Waals surface area contributed by atoms with Crippen LogP contribution in [-0.2, 0) is 19.1 Å². The number of hydrogen-bond donors (Lipinski definition) is 2. The summed E-state index contributed by atoms with van der Waals surface area (Å²) in [5.41, 5.74) is 0.939. The Morgan fingerprint density at radius 2 is 1.66 bits per heavy atom. The second-order valence-electron chi connectivity index (χ2n) is 6.28. The molecule has 1 fully saturated rings. The van der Waals surface area contributed by atoms with Gasteiger partial charge in [-0.1, -0.05) is 0 Å². The van der Waals surface area contributed by atoms with Crippen molar-refractivity contribution in [3.05, 3.63) is 42.6 Å². The molecule has 29 heavy (non-hydrogen) atoms. The Morgan fingerprint density at radius 3 is 2.28 bits per heavy atom. The van der Waals surface area contributed by atoms with Crippen LogP contribution < -0.4 is 20.3 Å². The summed E-state index contributed by atoms with van der Waals surface area (Å²) in [6.45, 7) is 3.81. The minimum atomic E-state index is -0.772. The molecule has 2 aromatic rings. The Bertz CT molecular complexity index is 805. The summed E-state index contributed by atoms with van der Waals surface area (Å²) in [5, 5.41) is 5.09. The molecule has 2 amide bonds. The van der Waals surface area contributed by atoms with E-state index in [0.717, 1.165) is 18.9 Å². The zero-order valence-electron chi connectivity index (χ0n) is 16.2. The number of aromatic nitrogens is 1. The standard InChI is InChI=1S/C20H24N4O5/c1-27-12-13-29-17-5-2-15(3-6-17)22-19(25)20(26)23-16-4-7-18(21-14-16)24-8-10-28-11-9-24/h2-7,14H,8-13H2,1H3,(H,22,25)(H,23,26). The van der Waals surface area contributed by atoms with Gasteiger partial charge in [-0.15, -0.1) is 0 Å². The first-order chi connectivity index (χ1) is 14.2. The molecular formula is C20H24N4O5. The Kier molecular flexibility index (Phi) is 7.37. The van der Waals surface area contributed by atoms with Gasteiger partial charge in [0.05, 0.1) is 31.7 Å². The van der Waals surface area contributed by atoms with Gasteiger partial charge >= 0.3 is 11.8 Å². The fourth-order valence-corrected chi connectivity index (χ4v) is 2.69. The molecule has 0 bridgehead atoms. The molecule has 0 spiro atoms. The molecule has 2 N–H and O–H groups in total. The number of nitrogens with zero attached hydrogens (tertiary/aromatic N) is 2. The van der Waals surface area contributed by atoms with Gasteiger partial charge in [0, 0.05) is 25.9 Å². The van der Waals surface area contributed by atoms with E-state index in [-0.39, 0.29) is 0 Å². The van der Waals surface area contributed by atoms with Crippen molar-refractivity contribution in [2.24, 2.45) is 0 Å². The van der Waals surface area contributed by atoms with Crippen LogP contribution in [0.15, 0.2) is 42.6 Å². The minimum Gasteiger partial charge on any atom is -0.491 e. The van der Waals surface area contributed by atoms with Crippen molar-refractivity contribution >= 4 is 29.0 Å². The van der Waals surface area contributed by atoms with E-state index < -0.39 is 11.8 Å². The molecule has 9 heteroatoms. The van der Waals surface area contributed by atoms with Crippen molar-refractivity contribution in [2.45, 2.75) is 0 Å². The first kappa shape index (κ1) is 20.6. The normalized spacial score (nSPS) is 13.6. The largest absolute Gasteiger partial charge is 0.491 e. The van der Waals surface area contributed by atoms with Crippen LogP contribution in [0.5, 0.6) is 5.75 Å². The quantitative estimate of drug-likeness (QED) is 0.537. The van der Waals surface area contributed by atoms with Crippen LogP contribution in [0.1, 0.15) is 0 Å². The van der Waals surface area contributed by atoms with Crippen LogP contribution in [0.3, 0.4) is 0 Å². The number of anilines is 3. The van der Waals surface area contributed by atoms with Gasteiger partial charge in [-0.05, 0) is 36.4 Å². The van der Waals surface area contributed by atoms with E-state index >= 15 is 0 Å². The van der Waals surface area contributed by atoms with Gasteiger partial charge in [0.1, 0.15) is 18.2 Å². The third-order valence-corrected chi connectivity index (χ3v) is 4.22. The average Bonchev–Trinajstić information content (AvgIpc) is 2.76. The van der Waals surface area contributed by atoms with E-state index in [9.17, 15) is 9.59 Å². The summed E-state index contributed by atoms with van der Waals surface area (Å²) in [6.07, 6.45) is 1.53. The highest BCUT2D eigenvalue weighted by molar-refractivity contribution is 6.43. The van der Waals surface area contributed by atoms with Gasteiger partial charge < -0.3 is 29.7 Å². The Labute approximate surface area is 169 Å². The summed E-state index contributed by atoms with van der Waals surface area (Å²) in [7, 11) is 1.60. The van der Waals surface area contributed by atoms with Crippen molar-refractivity contribution in [3.8, 4) is 5.75 Å². The number of carbonyl (C=O) groups excluding carboxylic acids is 2. The molecule has 154 valence electrons. The molecule has 1 aromatic heterocycles. The van der Waals surface area contributed by atoms with Crippen LogP contribution in [0.4, 0.5) is 17.2 Å². The molecule has 3 rings (SSSR count).